The van der Waals surface area contributed by atoms with Crippen LogP contribution in [0.5, 0.6) is 0 Å². The number of nitrogens with zero attached hydrogens (tertiary/aromatic N) is 7. The molecule has 4 heterocycles. The normalized spacial score (nSPS) is 14.5. The summed E-state index contributed by atoms with van der Waals surface area (Å²) in [5, 5.41) is 5.06. The molecule has 1 saturated heterocycles. The molecule has 0 bridgehead atoms. The lowest BCUT2D eigenvalue weighted by Crippen LogP contribution is -2.47. The van der Waals surface area contributed by atoms with Crippen molar-refractivity contribution in [1.29, 1.82) is 0 Å². The molecule has 0 aliphatic carbocycles. The first-order valence-corrected chi connectivity index (χ1v) is 13.5. The number of fused-ring (bicyclic) bond motifs is 1. The topological polar surface area (TPSA) is 88.5 Å². The number of nitrogens with two attached hydrogens (primary N) is 1. The van der Waals surface area contributed by atoms with E-state index in [9.17, 15) is 0 Å². The number of rotatable bonds is 8. The molecule has 1 aliphatic heterocycles. The molecule has 3 aromatic heterocycles. The summed E-state index contributed by atoms with van der Waals surface area (Å²) in [5.74, 6) is 1.90. The zero-order valence-corrected chi connectivity index (χ0v) is 22.5. The van der Waals surface area contributed by atoms with Gasteiger partial charge in [-0.2, -0.15) is 9.61 Å². The van der Waals surface area contributed by atoms with Crippen LogP contribution in [0.3, 0.4) is 0 Å². The van der Waals surface area contributed by atoms with Crippen LogP contribution >= 0.6 is 0 Å². The molecule has 2 N–H and O–H groups in total. The summed E-state index contributed by atoms with van der Waals surface area (Å²) in [7, 11) is 0. The van der Waals surface area contributed by atoms with E-state index in [1.807, 2.05) is 18.5 Å². The van der Waals surface area contributed by atoms with Crippen LogP contribution in [0.15, 0.2) is 42.7 Å². The minimum atomic E-state index is 0.359. The third-order valence-electron chi connectivity index (χ3n) is 7.36. The van der Waals surface area contributed by atoms with E-state index < -0.39 is 0 Å². The number of hydrogen-bond acceptors (Lipinski definition) is 7. The molecule has 0 radical (unpaired) electrons. The number of anilines is 2. The Kier molecular flexibility index (Phi) is 7.37. The Bertz CT molecular complexity index is 1360. The number of piperidine rings is 1. The Morgan fingerprint density at radius 3 is 2.49 bits per heavy atom. The molecule has 4 aromatic rings. The van der Waals surface area contributed by atoms with Crippen molar-refractivity contribution >= 4 is 17.4 Å². The largest absolute Gasteiger partial charge is 0.352 e. The molecule has 0 atom stereocenters. The molecule has 1 aliphatic rings. The smallest absolute Gasteiger partial charge is 0.225 e. The fourth-order valence-corrected chi connectivity index (χ4v) is 5.61. The van der Waals surface area contributed by atoms with Gasteiger partial charge in [-0.3, -0.25) is 0 Å². The predicted octanol–water partition coefficient (Wildman–Crippen LogP) is 4.50. The summed E-state index contributed by atoms with van der Waals surface area (Å²) in [4.78, 5) is 18.8. The van der Waals surface area contributed by atoms with E-state index in [4.69, 9.17) is 15.8 Å². The average Bonchev–Trinajstić information content (AvgIpc) is 3.23. The lowest BCUT2D eigenvalue weighted by molar-refractivity contribution is 0.457. The van der Waals surface area contributed by atoms with E-state index >= 15 is 0 Å². The first-order chi connectivity index (χ1) is 18.0. The van der Waals surface area contributed by atoms with Crippen LogP contribution in [0.1, 0.15) is 48.7 Å². The lowest BCUT2D eigenvalue weighted by atomic mass is 9.99. The van der Waals surface area contributed by atoms with Gasteiger partial charge in [0.15, 0.2) is 5.65 Å². The summed E-state index contributed by atoms with van der Waals surface area (Å²) in [6.45, 7) is 11.8. The first kappa shape index (κ1) is 25.1. The molecule has 1 aromatic carbocycles. The van der Waals surface area contributed by atoms with Crippen molar-refractivity contribution in [2.24, 2.45) is 5.73 Å². The van der Waals surface area contributed by atoms with Crippen molar-refractivity contribution in [1.82, 2.24) is 24.6 Å². The van der Waals surface area contributed by atoms with Gasteiger partial charge in [0.05, 0.1) is 5.69 Å². The number of aromatic nitrogens is 5. The molecule has 0 unspecified atom stereocenters. The molecule has 194 valence electrons. The Hall–Kier alpha value is -3.52. The van der Waals surface area contributed by atoms with E-state index in [0.29, 0.717) is 12.6 Å². The Labute approximate surface area is 219 Å². The molecule has 1 fully saturated rings. The van der Waals surface area contributed by atoms with Gasteiger partial charge >= 0.3 is 0 Å². The second-order valence-corrected chi connectivity index (χ2v) is 10.1. The van der Waals surface area contributed by atoms with Gasteiger partial charge in [-0.15, -0.1) is 0 Å². The van der Waals surface area contributed by atoms with Gasteiger partial charge in [-0.1, -0.05) is 37.1 Å². The van der Waals surface area contributed by atoms with Crippen LogP contribution < -0.4 is 15.5 Å². The molecule has 37 heavy (non-hydrogen) atoms. The van der Waals surface area contributed by atoms with Crippen molar-refractivity contribution in [3.05, 3.63) is 65.2 Å². The standard InChI is InChI=1S/C29H38N8/c1-5-7-23-19-26(36(17-12-30)24-10-15-35(16-11-24)29-31-13-6-14-32-29)37-28(33-23)27(22(4)34-37)25-9-8-20(2)18-21(25)3/h6,8-9,13-14,18-19,24H,5,7,10-12,15-17,30H2,1-4H3. The van der Waals surface area contributed by atoms with Crippen molar-refractivity contribution < 1.29 is 0 Å². The van der Waals surface area contributed by atoms with Crippen LogP contribution in [0.25, 0.3) is 16.8 Å². The zero-order valence-electron chi connectivity index (χ0n) is 22.5. The van der Waals surface area contributed by atoms with Gasteiger partial charge in [0.2, 0.25) is 5.95 Å². The Morgan fingerprint density at radius 1 is 1.05 bits per heavy atom. The maximum atomic E-state index is 6.18. The van der Waals surface area contributed by atoms with E-state index in [1.54, 1.807) is 0 Å². The monoisotopic (exact) mass is 498 g/mol. The van der Waals surface area contributed by atoms with E-state index in [2.05, 4.69) is 76.2 Å². The van der Waals surface area contributed by atoms with Crippen molar-refractivity contribution in [3.8, 4) is 11.1 Å². The molecular weight excluding hydrogens is 460 g/mol. The molecule has 0 spiro atoms. The third-order valence-corrected chi connectivity index (χ3v) is 7.36. The van der Waals surface area contributed by atoms with Crippen LogP contribution in [0, 0.1) is 20.8 Å². The predicted molar refractivity (Wildman–Crippen MR) is 150 cm³/mol. The van der Waals surface area contributed by atoms with Crippen molar-refractivity contribution in [3.63, 3.8) is 0 Å². The van der Waals surface area contributed by atoms with Gasteiger partial charge in [-0.25, -0.2) is 15.0 Å². The fraction of sp³-hybridized carbons (Fsp3) is 0.448. The first-order valence-electron chi connectivity index (χ1n) is 13.5. The summed E-state index contributed by atoms with van der Waals surface area (Å²) in [5.41, 5.74) is 14.0. The highest BCUT2D eigenvalue weighted by Crippen LogP contribution is 2.34. The summed E-state index contributed by atoms with van der Waals surface area (Å²) < 4.78 is 2.06. The Morgan fingerprint density at radius 2 is 1.81 bits per heavy atom. The third kappa shape index (κ3) is 5.03. The van der Waals surface area contributed by atoms with Gasteiger partial charge in [0.25, 0.3) is 0 Å². The van der Waals surface area contributed by atoms with Crippen LogP contribution in [-0.4, -0.2) is 56.8 Å². The summed E-state index contributed by atoms with van der Waals surface area (Å²) >= 11 is 0. The van der Waals surface area contributed by atoms with Gasteiger partial charge in [-0.05, 0) is 57.2 Å². The average molecular weight is 499 g/mol. The van der Waals surface area contributed by atoms with Crippen LogP contribution in [0.2, 0.25) is 0 Å². The molecule has 5 rings (SSSR count). The summed E-state index contributed by atoms with van der Waals surface area (Å²) in [6, 6.07) is 11.1. The van der Waals surface area contributed by atoms with Crippen molar-refractivity contribution in [2.45, 2.75) is 59.4 Å². The Balaban J connectivity index is 1.56. The molecule has 8 nitrogen and oxygen atoms in total. The highest BCUT2D eigenvalue weighted by Gasteiger charge is 2.28. The lowest BCUT2D eigenvalue weighted by Gasteiger charge is -2.39. The second-order valence-electron chi connectivity index (χ2n) is 10.1. The van der Waals surface area contributed by atoms with Crippen molar-refractivity contribution in [2.75, 3.05) is 36.0 Å². The van der Waals surface area contributed by atoms with Crippen LogP contribution in [0.4, 0.5) is 11.8 Å². The SMILES string of the molecule is CCCc1cc(N(CCN)C2CCN(c3ncccn3)CC2)n2nc(C)c(-c3ccc(C)cc3C)c2n1. The van der Waals surface area contributed by atoms with E-state index in [1.165, 1.54) is 16.7 Å². The zero-order chi connectivity index (χ0) is 25.9. The fourth-order valence-electron chi connectivity index (χ4n) is 5.61. The number of aryl methyl sites for hydroxylation is 4. The minimum Gasteiger partial charge on any atom is -0.352 e. The van der Waals surface area contributed by atoms with Gasteiger partial charge in [0.1, 0.15) is 5.82 Å². The number of hydrogen-bond donors (Lipinski definition) is 1. The quantitative estimate of drug-likeness (QED) is 0.383. The van der Waals surface area contributed by atoms with Gasteiger partial charge < -0.3 is 15.5 Å². The van der Waals surface area contributed by atoms with E-state index in [-0.39, 0.29) is 0 Å². The van der Waals surface area contributed by atoms with Crippen LogP contribution in [-0.2, 0) is 6.42 Å². The second kappa shape index (κ2) is 10.8. The highest BCUT2D eigenvalue weighted by atomic mass is 15.4. The number of benzene rings is 1. The maximum absolute atomic E-state index is 6.18. The maximum Gasteiger partial charge on any atom is 0.225 e. The molecule has 0 saturated carbocycles. The molecular formula is C29H38N8. The van der Waals surface area contributed by atoms with E-state index in [0.717, 1.165) is 79.7 Å². The van der Waals surface area contributed by atoms with Gasteiger partial charge in [0, 0.05) is 61.9 Å². The summed E-state index contributed by atoms with van der Waals surface area (Å²) in [6.07, 6.45) is 7.61. The molecule has 8 heteroatoms. The molecule has 0 amide bonds. The minimum absolute atomic E-state index is 0.359. The highest BCUT2D eigenvalue weighted by molar-refractivity contribution is 5.83.